The molecule has 0 saturated heterocycles. The summed E-state index contributed by atoms with van der Waals surface area (Å²) < 4.78 is 5.56. The van der Waals surface area contributed by atoms with Crippen LogP contribution in [0.4, 0.5) is 11.4 Å². The molecule has 0 saturated carbocycles. The number of para-hydroxylation sites is 3. The van der Waals surface area contributed by atoms with Gasteiger partial charge in [0.2, 0.25) is 0 Å². The molecule has 0 aliphatic carbocycles. The lowest BCUT2D eigenvalue weighted by Gasteiger charge is -2.15. The number of nitrogens with zero attached hydrogens (tertiary/aromatic N) is 1. The third-order valence-corrected chi connectivity index (χ3v) is 5.19. The van der Waals surface area contributed by atoms with Gasteiger partial charge in [-0.15, -0.1) is 0 Å². The van der Waals surface area contributed by atoms with Crippen molar-refractivity contribution in [3.05, 3.63) is 113 Å². The highest BCUT2D eigenvalue weighted by atomic mass is 16.4. The highest BCUT2D eigenvalue weighted by Crippen LogP contribution is 2.30. The van der Waals surface area contributed by atoms with Gasteiger partial charge in [-0.2, -0.15) is 0 Å². The average molecular weight is 392 g/mol. The second kappa shape index (κ2) is 7.84. The van der Waals surface area contributed by atoms with Gasteiger partial charge < -0.3 is 9.73 Å². The van der Waals surface area contributed by atoms with Gasteiger partial charge in [0.15, 0.2) is 0 Å². The van der Waals surface area contributed by atoms with E-state index < -0.39 is 0 Å². The second-order valence-electron chi connectivity index (χ2n) is 7.29. The maximum Gasteiger partial charge on any atom is 0.345 e. The van der Waals surface area contributed by atoms with Crippen molar-refractivity contribution in [2.75, 3.05) is 5.32 Å². The molecule has 4 heteroatoms. The van der Waals surface area contributed by atoms with Gasteiger partial charge in [-0.25, -0.2) is 4.79 Å². The van der Waals surface area contributed by atoms with Crippen molar-refractivity contribution >= 4 is 34.1 Å². The maximum atomic E-state index is 12.8. The summed E-state index contributed by atoms with van der Waals surface area (Å²) in [5.74, 6) is 0. The zero-order valence-electron chi connectivity index (χ0n) is 16.3. The Morgan fingerprint density at radius 3 is 2.60 bits per heavy atom. The molecule has 1 aliphatic rings. The van der Waals surface area contributed by atoms with E-state index in [1.54, 1.807) is 6.07 Å². The highest BCUT2D eigenvalue weighted by molar-refractivity contribution is 6.05. The molecule has 0 bridgehead atoms. The van der Waals surface area contributed by atoms with Crippen LogP contribution in [0.2, 0.25) is 0 Å². The Balaban J connectivity index is 1.58. The Labute approximate surface area is 174 Å². The summed E-state index contributed by atoms with van der Waals surface area (Å²) in [6.45, 7) is 0. The molecule has 1 aromatic heterocycles. The molecule has 30 heavy (non-hydrogen) atoms. The van der Waals surface area contributed by atoms with Crippen LogP contribution < -0.4 is 10.9 Å². The van der Waals surface area contributed by atoms with E-state index in [1.165, 1.54) is 0 Å². The topological polar surface area (TPSA) is 54.6 Å². The number of benzene rings is 3. The minimum atomic E-state index is -0.363. The number of rotatable bonds is 3. The Morgan fingerprint density at radius 1 is 0.933 bits per heavy atom. The van der Waals surface area contributed by atoms with Crippen LogP contribution in [0.5, 0.6) is 0 Å². The number of anilines is 1. The van der Waals surface area contributed by atoms with Crippen molar-refractivity contribution in [3.63, 3.8) is 0 Å². The second-order valence-corrected chi connectivity index (χ2v) is 7.29. The summed E-state index contributed by atoms with van der Waals surface area (Å²) >= 11 is 0. The van der Waals surface area contributed by atoms with Crippen LogP contribution in [0.1, 0.15) is 17.5 Å². The molecule has 4 aromatic rings. The minimum absolute atomic E-state index is 0.0153. The number of fused-ring (bicyclic) bond motifs is 2. The number of nitrogens with one attached hydrogen (secondary N) is 1. The lowest BCUT2D eigenvalue weighted by molar-refractivity contribution is 0.559. The minimum Gasteiger partial charge on any atom is -0.422 e. The standard InChI is InChI=1S/C26H20N2O2/c29-26-21(16-19-10-4-7-13-25(19)30-26)24-17-20(15-14-18-8-2-1-3-9-18)27-22-11-5-6-12-23(22)28-24/h1-16,20,27H,17H2/b15-14+/t20-/m0/s1. The Morgan fingerprint density at radius 2 is 1.70 bits per heavy atom. The zero-order chi connectivity index (χ0) is 20.3. The summed E-state index contributed by atoms with van der Waals surface area (Å²) in [5, 5.41) is 4.44. The van der Waals surface area contributed by atoms with E-state index in [2.05, 4.69) is 29.6 Å². The monoisotopic (exact) mass is 392 g/mol. The Hall–Kier alpha value is -3.92. The first-order chi connectivity index (χ1) is 14.8. The van der Waals surface area contributed by atoms with Gasteiger partial charge in [0.05, 0.1) is 28.7 Å². The molecule has 0 fully saturated rings. The molecule has 2 heterocycles. The normalized spacial score (nSPS) is 16.0. The van der Waals surface area contributed by atoms with Crippen molar-refractivity contribution in [2.45, 2.75) is 12.5 Å². The fourth-order valence-electron chi connectivity index (χ4n) is 3.68. The van der Waals surface area contributed by atoms with E-state index in [0.29, 0.717) is 17.6 Å². The van der Waals surface area contributed by atoms with Crippen molar-refractivity contribution in [1.29, 1.82) is 0 Å². The number of hydrogen-bond acceptors (Lipinski definition) is 4. The third kappa shape index (κ3) is 3.67. The van der Waals surface area contributed by atoms with Crippen LogP contribution >= 0.6 is 0 Å². The molecule has 1 aliphatic heterocycles. The van der Waals surface area contributed by atoms with Crippen molar-refractivity contribution in [3.8, 4) is 0 Å². The maximum absolute atomic E-state index is 12.8. The Kier molecular flexibility index (Phi) is 4.74. The molecule has 0 radical (unpaired) electrons. The molecule has 5 rings (SSSR count). The zero-order valence-corrected chi connectivity index (χ0v) is 16.3. The van der Waals surface area contributed by atoms with Crippen LogP contribution in [-0.2, 0) is 0 Å². The summed E-state index contributed by atoms with van der Waals surface area (Å²) in [5.41, 5.74) is 4.33. The third-order valence-electron chi connectivity index (χ3n) is 5.19. The number of aliphatic imine (C=N–C) groups is 1. The molecule has 3 aromatic carbocycles. The summed E-state index contributed by atoms with van der Waals surface area (Å²) in [4.78, 5) is 17.6. The van der Waals surface area contributed by atoms with Crippen LogP contribution in [-0.4, -0.2) is 11.8 Å². The van der Waals surface area contributed by atoms with Gasteiger partial charge in [-0.05, 0) is 29.8 Å². The summed E-state index contributed by atoms with van der Waals surface area (Å²) in [6, 6.07) is 27.5. The SMILES string of the molecule is O=c1oc2ccccc2cc1C1=Nc2ccccc2N[C@@H](/C=C/c2ccccc2)C1. The molecule has 4 nitrogen and oxygen atoms in total. The lowest BCUT2D eigenvalue weighted by atomic mass is 10.0. The van der Waals surface area contributed by atoms with Gasteiger partial charge in [0, 0.05) is 11.8 Å². The van der Waals surface area contributed by atoms with Crippen molar-refractivity contribution in [2.24, 2.45) is 4.99 Å². The Bertz CT molecular complexity index is 1320. The molecular weight excluding hydrogens is 372 g/mol. The predicted octanol–water partition coefficient (Wildman–Crippen LogP) is 5.81. The quantitative estimate of drug-likeness (QED) is 0.448. The lowest BCUT2D eigenvalue weighted by Crippen LogP contribution is -2.23. The first-order valence-corrected chi connectivity index (χ1v) is 9.96. The molecule has 0 spiro atoms. The van der Waals surface area contributed by atoms with Crippen molar-refractivity contribution < 1.29 is 4.42 Å². The van der Waals surface area contributed by atoms with Crippen LogP contribution in [0.25, 0.3) is 17.0 Å². The predicted molar refractivity (Wildman–Crippen MR) is 123 cm³/mol. The van der Waals surface area contributed by atoms with E-state index in [4.69, 9.17) is 9.41 Å². The molecule has 0 amide bonds. The highest BCUT2D eigenvalue weighted by Gasteiger charge is 2.20. The fourth-order valence-corrected chi connectivity index (χ4v) is 3.68. The van der Waals surface area contributed by atoms with E-state index in [9.17, 15) is 4.79 Å². The van der Waals surface area contributed by atoms with Gasteiger partial charge in [0.25, 0.3) is 0 Å². The number of hydrogen-bond donors (Lipinski definition) is 1. The van der Waals surface area contributed by atoms with Gasteiger partial charge >= 0.3 is 5.63 Å². The van der Waals surface area contributed by atoms with Gasteiger partial charge in [0.1, 0.15) is 5.58 Å². The van der Waals surface area contributed by atoms with Gasteiger partial charge in [-0.1, -0.05) is 72.8 Å². The van der Waals surface area contributed by atoms with Crippen molar-refractivity contribution in [1.82, 2.24) is 0 Å². The largest absolute Gasteiger partial charge is 0.422 e. The van der Waals surface area contributed by atoms with Gasteiger partial charge in [-0.3, -0.25) is 4.99 Å². The van der Waals surface area contributed by atoms with E-state index in [1.807, 2.05) is 66.7 Å². The first kappa shape index (κ1) is 18.1. The molecule has 146 valence electrons. The summed E-state index contributed by atoms with van der Waals surface area (Å²) in [6.07, 6.45) is 4.78. The van der Waals surface area contributed by atoms with Crippen LogP contribution in [0.15, 0.2) is 105 Å². The summed E-state index contributed by atoms with van der Waals surface area (Å²) in [7, 11) is 0. The molecule has 0 unspecified atom stereocenters. The smallest absolute Gasteiger partial charge is 0.345 e. The first-order valence-electron chi connectivity index (χ1n) is 9.96. The van der Waals surface area contributed by atoms with Crippen LogP contribution in [0.3, 0.4) is 0 Å². The van der Waals surface area contributed by atoms with Crippen LogP contribution in [0, 0.1) is 0 Å². The molecule has 1 N–H and O–H groups in total. The molecular formula is C26H20N2O2. The fraction of sp³-hybridized carbons (Fsp3) is 0.0769. The average Bonchev–Trinajstić information content (AvgIpc) is 2.97. The van der Waals surface area contributed by atoms with E-state index in [0.717, 1.165) is 28.0 Å². The molecule has 1 atom stereocenters. The van der Waals surface area contributed by atoms with E-state index in [-0.39, 0.29) is 11.7 Å². The van der Waals surface area contributed by atoms with E-state index >= 15 is 0 Å².